The quantitative estimate of drug-likeness (QED) is 0.582. The monoisotopic (exact) mass is 324 g/mol. The lowest BCUT2D eigenvalue weighted by molar-refractivity contribution is 0.401. The normalized spacial score (nSPS) is 11.1. The Hall–Kier alpha value is -2.38. The zero-order valence-corrected chi connectivity index (χ0v) is 14.1. The van der Waals surface area contributed by atoms with Gasteiger partial charge in [-0.3, -0.25) is 0 Å². The van der Waals surface area contributed by atoms with E-state index < -0.39 is 0 Å². The second-order valence-electron chi connectivity index (χ2n) is 6.19. The summed E-state index contributed by atoms with van der Waals surface area (Å²) < 4.78 is 15.7. The Morgan fingerprint density at radius 2 is 1.87 bits per heavy atom. The minimum Gasteiger partial charge on any atom is -0.325 e. The molecule has 3 aromatic rings. The van der Waals surface area contributed by atoms with E-state index in [9.17, 15) is 4.39 Å². The maximum Gasteiger partial charge on any atom is 0.150 e. The van der Waals surface area contributed by atoms with Gasteiger partial charge in [-0.25, -0.2) is 9.37 Å². The lowest BCUT2D eigenvalue weighted by atomic mass is 10.1. The minimum atomic E-state index is -0.292. The predicted octanol–water partition coefficient (Wildman–Crippen LogP) is 4.91. The van der Waals surface area contributed by atoms with Crippen LogP contribution in [0, 0.1) is 17.7 Å². The lowest BCUT2D eigenvalue weighted by Gasteiger charge is -2.22. The third-order valence-electron chi connectivity index (χ3n) is 3.38. The van der Waals surface area contributed by atoms with Gasteiger partial charge in [0.15, 0.2) is 5.82 Å². The van der Waals surface area contributed by atoms with Crippen molar-refractivity contribution in [1.29, 1.82) is 0 Å². The third kappa shape index (κ3) is 3.35. The molecule has 0 aliphatic heterocycles. The van der Waals surface area contributed by atoms with Gasteiger partial charge in [-0.1, -0.05) is 24.0 Å². The number of aromatic nitrogens is 2. The second-order valence-corrected chi connectivity index (χ2v) is 7.27. The van der Waals surface area contributed by atoms with Crippen molar-refractivity contribution in [2.24, 2.45) is 0 Å². The zero-order valence-electron chi connectivity index (χ0n) is 13.3. The Morgan fingerprint density at radius 1 is 1.09 bits per heavy atom. The Kier molecular flexibility index (Phi) is 4.06. The maximum atomic E-state index is 13.6. The van der Waals surface area contributed by atoms with Gasteiger partial charge in [0.1, 0.15) is 5.82 Å². The summed E-state index contributed by atoms with van der Waals surface area (Å²) in [6.07, 6.45) is 3.80. The average Bonchev–Trinajstić information content (AvgIpc) is 3.14. The largest absolute Gasteiger partial charge is 0.325 e. The van der Waals surface area contributed by atoms with Gasteiger partial charge >= 0.3 is 0 Å². The van der Waals surface area contributed by atoms with Crippen LogP contribution in [0.4, 0.5) is 4.39 Å². The molecule has 4 heteroatoms. The fourth-order valence-corrected chi connectivity index (χ4v) is 3.10. The third-order valence-corrected chi connectivity index (χ3v) is 4.38. The van der Waals surface area contributed by atoms with E-state index in [0.29, 0.717) is 5.56 Å². The number of hydrogen-bond donors (Lipinski definition) is 0. The van der Waals surface area contributed by atoms with Crippen LogP contribution in [0.5, 0.6) is 0 Å². The summed E-state index contributed by atoms with van der Waals surface area (Å²) in [6, 6.07) is 10.5. The Bertz CT molecular complexity index is 888. The molecule has 0 saturated carbocycles. The highest BCUT2D eigenvalue weighted by molar-refractivity contribution is 7.15. The number of imidazole rings is 1. The van der Waals surface area contributed by atoms with Crippen LogP contribution in [0.2, 0.25) is 0 Å². The van der Waals surface area contributed by atoms with Gasteiger partial charge in [0.05, 0.1) is 15.3 Å². The average molecular weight is 324 g/mol. The van der Waals surface area contributed by atoms with Gasteiger partial charge < -0.3 is 4.57 Å². The van der Waals surface area contributed by atoms with E-state index in [4.69, 9.17) is 0 Å². The van der Waals surface area contributed by atoms with Crippen molar-refractivity contribution in [3.05, 3.63) is 65.0 Å². The number of halogens is 1. The van der Waals surface area contributed by atoms with Crippen LogP contribution in [0.3, 0.4) is 0 Å². The number of thiophene rings is 1. The fourth-order valence-electron chi connectivity index (χ4n) is 2.24. The minimum absolute atomic E-state index is 0.0329. The van der Waals surface area contributed by atoms with Gasteiger partial charge in [0.2, 0.25) is 0 Å². The van der Waals surface area contributed by atoms with Crippen molar-refractivity contribution < 1.29 is 4.39 Å². The Morgan fingerprint density at radius 3 is 2.61 bits per heavy atom. The summed E-state index contributed by atoms with van der Waals surface area (Å²) in [5.41, 5.74) is 0.383. The molecule has 1 aromatic carbocycles. The molecule has 0 amide bonds. The van der Waals surface area contributed by atoms with E-state index in [0.717, 1.165) is 15.6 Å². The number of hydrogen-bond acceptors (Lipinski definition) is 2. The first kappa shape index (κ1) is 15.5. The van der Waals surface area contributed by atoms with Gasteiger partial charge in [-0.05, 0) is 45.0 Å². The number of nitrogens with zero attached hydrogens (tertiary/aromatic N) is 2. The van der Waals surface area contributed by atoms with E-state index in [2.05, 4.69) is 42.2 Å². The van der Waals surface area contributed by atoms with Crippen molar-refractivity contribution in [2.45, 2.75) is 26.3 Å². The van der Waals surface area contributed by atoms with Crippen molar-refractivity contribution >= 4 is 11.3 Å². The van der Waals surface area contributed by atoms with Gasteiger partial charge in [0.25, 0.3) is 0 Å². The van der Waals surface area contributed by atoms with Gasteiger partial charge in [-0.2, -0.15) is 0 Å². The molecule has 0 spiro atoms. The predicted molar refractivity (Wildman–Crippen MR) is 92.9 cm³/mol. The van der Waals surface area contributed by atoms with Gasteiger partial charge in [0, 0.05) is 17.9 Å². The summed E-state index contributed by atoms with van der Waals surface area (Å²) in [6.45, 7) is 6.43. The molecule has 0 saturated heterocycles. The zero-order chi connectivity index (χ0) is 16.4. The molecular weight excluding hydrogens is 307 g/mol. The molecule has 2 heterocycles. The van der Waals surface area contributed by atoms with Crippen LogP contribution in [0.1, 0.15) is 31.2 Å². The first-order chi connectivity index (χ1) is 10.9. The molecule has 23 heavy (non-hydrogen) atoms. The van der Waals surface area contributed by atoms with E-state index in [1.54, 1.807) is 29.5 Å². The van der Waals surface area contributed by atoms with Crippen LogP contribution in [0.25, 0.3) is 10.7 Å². The summed E-state index contributed by atoms with van der Waals surface area (Å²) >= 11 is 1.57. The lowest BCUT2D eigenvalue weighted by Crippen LogP contribution is -2.21. The van der Waals surface area contributed by atoms with Crippen molar-refractivity contribution in [3.63, 3.8) is 0 Å². The molecular formula is C19H17FN2S. The topological polar surface area (TPSA) is 17.8 Å². The summed E-state index contributed by atoms with van der Waals surface area (Å²) in [7, 11) is 0. The molecule has 0 aliphatic carbocycles. The molecule has 0 atom stereocenters. The molecule has 2 aromatic heterocycles. The fraction of sp³-hybridized carbons (Fsp3) is 0.211. The van der Waals surface area contributed by atoms with E-state index in [-0.39, 0.29) is 11.4 Å². The van der Waals surface area contributed by atoms with Crippen molar-refractivity contribution in [3.8, 4) is 22.5 Å². The molecule has 0 unspecified atom stereocenters. The van der Waals surface area contributed by atoms with Crippen LogP contribution in [-0.4, -0.2) is 9.55 Å². The SMILES string of the molecule is CC(C)(C)n1ccnc1-c1ccc(C#Cc2ccccc2F)s1. The Labute approximate surface area is 139 Å². The van der Waals surface area contributed by atoms with E-state index in [1.807, 2.05) is 24.5 Å². The number of benzene rings is 1. The van der Waals surface area contributed by atoms with Crippen molar-refractivity contribution in [1.82, 2.24) is 9.55 Å². The maximum absolute atomic E-state index is 13.6. The van der Waals surface area contributed by atoms with E-state index in [1.165, 1.54) is 6.07 Å². The standard InChI is InChI=1S/C19H17FN2S/c1-19(2,3)22-13-12-21-18(22)17-11-10-15(23-17)9-8-14-6-4-5-7-16(14)20/h4-7,10-13H,1-3H3. The molecule has 0 radical (unpaired) electrons. The highest BCUT2D eigenvalue weighted by Gasteiger charge is 2.18. The summed E-state index contributed by atoms with van der Waals surface area (Å²) in [4.78, 5) is 6.42. The van der Waals surface area contributed by atoms with Crippen LogP contribution in [0.15, 0.2) is 48.8 Å². The summed E-state index contributed by atoms with van der Waals surface area (Å²) in [5, 5.41) is 0. The smallest absolute Gasteiger partial charge is 0.150 e. The first-order valence-electron chi connectivity index (χ1n) is 7.36. The number of rotatable bonds is 1. The van der Waals surface area contributed by atoms with Crippen molar-refractivity contribution in [2.75, 3.05) is 0 Å². The molecule has 0 N–H and O–H groups in total. The molecule has 3 rings (SSSR count). The molecule has 0 fully saturated rings. The summed E-state index contributed by atoms with van der Waals surface area (Å²) in [5.74, 6) is 6.56. The highest BCUT2D eigenvalue weighted by atomic mass is 32.1. The molecule has 0 bridgehead atoms. The molecule has 2 nitrogen and oxygen atoms in total. The highest BCUT2D eigenvalue weighted by Crippen LogP contribution is 2.30. The molecule has 116 valence electrons. The Balaban J connectivity index is 1.91. The second kappa shape index (κ2) is 6.02. The molecule has 0 aliphatic rings. The van der Waals surface area contributed by atoms with E-state index >= 15 is 0 Å². The van der Waals surface area contributed by atoms with Crippen LogP contribution >= 0.6 is 11.3 Å². The van der Waals surface area contributed by atoms with Crippen LogP contribution < -0.4 is 0 Å². The first-order valence-corrected chi connectivity index (χ1v) is 8.17. The van der Waals surface area contributed by atoms with Crippen LogP contribution in [-0.2, 0) is 5.54 Å². The van der Waals surface area contributed by atoms with Gasteiger partial charge in [-0.15, -0.1) is 11.3 Å².